The van der Waals surface area contributed by atoms with Gasteiger partial charge in [0.15, 0.2) is 10.2 Å². The second-order valence-electron chi connectivity index (χ2n) is 5.48. The van der Waals surface area contributed by atoms with Gasteiger partial charge in [-0.15, -0.1) is 0 Å². The summed E-state index contributed by atoms with van der Waals surface area (Å²) in [6.45, 7) is 4.72. The molecule has 0 atom stereocenters. The van der Waals surface area contributed by atoms with Crippen molar-refractivity contribution in [2.45, 2.75) is 20.4 Å². The van der Waals surface area contributed by atoms with E-state index in [0.717, 1.165) is 22.6 Å². The zero-order chi connectivity index (χ0) is 18.2. The van der Waals surface area contributed by atoms with Crippen LogP contribution >= 0.6 is 24.4 Å². The number of rotatable bonds is 4. The smallest absolute Gasteiger partial charge is 0.189 e. The quantitative estimate of drug-likeness (QED) is 0.484. The Hall–Kier alpha value is -2.38. The number of hydrogen-bond acceptors (Lipinski definition) is 3. The van der Waals surface area contributed by atoms with Crippen molar-refractivity contribution in [2.24, 2.45) is 0 Å². The summed E-state index contributed by atoms with van der Waals surface area (Å²) in [5.41, 5.74) is 10.2. The van der Waals surface area contributed by atoms with Gasteiger partial charge in [0.05, 0.1) is 7.11 Å². The molecule has 0 saturated carbocycles. The molecule has 2 rings (SSSR count). The Morgan fingerprint density at radius 3 is 2.32 bits per heavy atom. The Morgan fingerprint density at radius 1 is 0.960 bits per heavy atom. The lowest BCUT2D eigenvalue weighted by Gasteiger charge is -2.16. The van der Waals surface area contributed by atoms with Gasteiger partial charge in [-0.25, -0.2) is 0 Å². The third-order valence-electron chi connectivity index (χ3n) is 3.75. The molecule has 2 aromatic carbocycles. The monoisotopic (exact) mass is 374 g/mol. The van der Waals surface area contributed by atoms with Gasteiger partial charge in [0.25, 0.3) is 0 Å². The third kappa shape index (κ3) is 5.88. The molecule has 0 spiro atoms. The van der Waals surface area contributed by atoms with Crippen LogP contribution in [-0.2, 0) is 6.54 Å². The van der Waals surface area contributed by atoms with Crippen LogP contribution in [0, 0.1) is 13.8 Å². The number of aryl methyl sites for hydroxylation is 1. The van der Waals surface area contributed by atoms with E-state index in [9.17, 15) is 0 Å². The average Bonchev–Trinajstić information content (AvgIpc) is 2.62. The van der Waals surface area contributed by atoms with Crippen molar-refractivity contribution >= 4 is 40.3 Å². The Balaban J connectivity index is 1.75. The number of hydrazine groups is 1. The molecule has 0 aliphatic rings. The second kappa shape index (κ2) is 9.19. The molecule has 0 radical (unpaired) electrons. The molecule has 5 nitrogen and oxygen atoms in total. The Bertz CT molecular complexity index is 747. The molecule has 132 valence electrons. The summed E-state index contributed by atoms with van der Waals surface area (Å²) in [6, 6.07) is 13.8. The van der Waals surface area contributed by atoms with Gasteiger partial charge >= 0.3 is 0 Å². The van der Waals surface area contributed by atoms with E-state index >= 15 is 0 Å². The zero-order valence-electron chi connectivity index (χ0n) is 14.5. The summed E-state index contributed by atoms with van der Waals surface area (Å²) in [5, 5.41) is 7.16. The molecule has 0 aliphatic heterocycles. The molecule has 0 heterocycles. The molecule has 7 heteroatoms. The van der Waals surface area contributed by atoms with Gasteiger partial charge in [0.1, 0.15) is 5.75 Å². The highest BCUT2D eigenvalue weighted by molar-refractivity contribution is 7.80. The van der Waals surface area contributed by atoms with Crippen LogP contribution in [-0.4, -0.2) is 17.3 Å². The van der Waals surface area contributed by atoms with Crippen LogP contribution in [0.1, 0.15) is 16.7 Å². The summed E-state index contributed by atoms with van der Waals surface area (Å²) in [7, 11) is 1.65. The molecule has 2 aromatic rings. The summed E-state index contributed by atoms with van der Waals surface area (Å²) in [4.78, 5) is 0. The van der Waals surface area contributed by atoms with E-state index in [-0.39, 0.29) is 0 Å². The van der Waals surface area contributed by atoms with Crippen molar-refractivity contribution in [1.82, 2.24) is 16.2 Å². The van der Waals surface area contributed by atoms with Gasteiger partial charge in [-0.2, -0.15) is 0 Å². The maximum absolute atomic E-state index is 5.28. The largest absolute Gasteiger partial charge is 0.497 e. The lowest BCUT2D eigenvalue weighted by atomic mass is 10.1. The van der Waals surface area contributed by atoms with Gasteiger partial charge in [-0.1, -0.05) is 24.3 Å². The van der Waals surface area contributed by atoms with E-state index in [0.29, 0.717) is 16.8 Å². The van der Waals surface area contributed by atoms with Crippen LogP contribution in [0.5, 0.6) is 5.75 Å². The predicted molar refractivity (Wildman–Crippen MR) is 111 cm³/mol. The van der Waals surface area contributed by atoms with E-state index in [1.54, 1.807) is 7.11 Å². The molecule has 0 fully saturated rings. The molecule has 4 N–H and O–H groups in total. The van der Waals surface area contributed by atoms with Crippen molar-refractivity contribution < 1.29 is 4.74 Å². The van der Waals surface area contributed by atoms with Gasteiger partial charge in [0.2, 0.25) is 0 Å². The van der Waals surface area contributed by atoms with Gasteiger partial charge < -0.3 is 15.4 Å². The highest BCUT2D eigenvalue weighted by Crippen LogP contribution is 2.17. The Labute approximate surface area is 159 Å². The average molecular weight is 375 g/mol. The molecular formula is C18H22N4OS2. The fraction of sp³-hybridized carbons (Fsp3) is 0.222. The fourth-order valence-electron chi connectivity index (χ4n) is 2.12. The van der Waals surface area contributed by atoms with Gasteiger partial charge in [-0.05, 0) is 73.2 Å². The summed E-state index contributed by atoms with van der Waals surface area (Å²) in [6.07, 6.45) is 0. The van der Waals surface area contributed by atoms with Crippen LogP contribution in [0.3, 0.4) is 0 Å². The molecule has 0 amide bonds. The number of ether oxygens (including phenoxy) is 1. The summed E-state index contributed by atoms with van der Waals surface area (Å²) >= 11 is 10.5. The maximum Gasteiger partial charge on any atom is 0.189 e. The van der Waals surface area contributed by atoms with Gasteiger partial charge in [0, 0.05) is 12.2 Å². The maximum atomic E-state index is 5.28. The standard InChI is InChI=1S/C18H22N4OS2/c1-12-5-4-6-16(13(12)2)20-18(25)22-21-17(24)19-11-14-7-9-15(23-3)10-8-14/h4-10H,11H2,1-3H3,(H2,19,21,24)(H2,20,22,25). The highest BCUT2D eigenvalue weighted by atomic mass is 32.1. The zero-order valence-corrected chi connectivity index (χ0v) is 16.1. The summed E-state index contributed by atoms with van der Waals surface area (Å²) < 4.78 is 5.13. The number of hydrogen-bond donors (Lipinski definition) is 4. The van der Waals surface area contributed by atoms with Crippen LogP contribution in [0.2, 0.25) is 0 Å². The molecule has 0 bridgehead atoms. The van der Waals surface area contributed by atoms with Crippen LogP contribution in [0.25, 0.3) is 0 Å². The molecule has 0 aromatic heterocycles. The number of thiocarbonyl (C=S) groups is 2. The van der Waals surface area contributed by atoms with Crippen molar-refractivity contribution in [3.05, 3.63) is 59.2 Å². The summed E-state index contributed by atoms with van der Waals surface area (Å²) in [5.74, 6) is 0.828. The van der Waals surface area contributed by atoms with Crippen LogP contribution < -0.4 is 26.2 Å². The number of anilines is 1. The normalized spacial score (nSPS) is 9.88. The third-order valence-corrected chi connectivity index (χ3v) is 4.21. The minimum atomic E-state index is 0.447. The van der Waals surface area contributed by atoms with E-state index in [1.165, 1.54) is 5.56 Å². The molecule has 0 saturated heterocycles. The van der Waals surface area contributed by atoms with Crippen molar-refractivity contribution in [3.8, 4) is 5.75 Å². The number of methoxy groups -OCH3 is 1. The SMILES string of the molecule is COc1ccc(CNC(=S)NNC(=S)Nc2cccc(C)c2C)cc1. The van der Waals surface area contributed by atoms with E-state index in [4.69, 9.17) is 29.2 Å². The topological polar surface area (TPSA) is 57.4 Å². The number of nitrogens with one attached hydrogen (secondary N) is 4. The second-order valence-corrected chi connectivity index (χ2v) is 6.30. The van der Waals surface area contributed by atoms with Crippen molar-refractivity contribution in [3.63, 3.8) is 0 Å². The first-order valence-electron chi connectivity index (χ1n) is 7.79. The predicted octanol–water partition coefficient (Wildman–Crippen LogP) is 3.18. The van der Waals surface area contributed by atoms with Crippen molar-refractivity contribution in [1.29, 1.82) is 0 Å². The Morgan fingerprint density at radius 2 is 1.64 bits per heavy atom. The molecule has 0 unspecified atom stereocenters. The first kappa shape index (κ1) is 19.0. The van der Waals surface area contributed by atoms with E-state index in [2.05, 4.69) is 41.4 Å². The van der Waals surface area contributed by atoms with Gasteiger partial charge in [-0.3, -0.25) is 10.9 Å². The van der Waals surface area contributed by atoms with Crippen LogP contribution in [0.4, 0.5) is 5.69 Å². The van der Waals surface area contributed by atoms with E-state index in [1.807, 2.05) is 36.4 Å². The Kier molecular flexibility index (Phi) is 6.97. The van der Waals surface area contributed by atoms with Crippen molar-refractivity contribution in [2.75, 3.05) is 12.4 Å². The first-order valence-corrected chi connectivity index (χ1v) is 8.61. The number of benzene rings is 2. The molecular weight excluding hydrogens is 352 g/mol. The molecule has 25 heavy (non-hydrogen) atoms. The minimum absolute atomic E-state index is 0.447. The minimum Gasteiger partial charge on any atom is -0.497 e. The molecule has 0 aliphatic carbocycles. The highest BCUT2D eigenvalue weighted by Gasteiger charge is 2.03. The lowest BCUT2D eigenvalue weighted by Crippen LogP contribution is -2.48. The van der Waals surface area contributed by atoms with Crippen LogP contribution in [0.15, 0.2) is 42.5 Å². The fourth-order valence-corrected chi connectivity index (χ4v) is 2.41. The van der Waals surface area contributed by atoms with E-state index < -0.39 is 0 Å². The first-order chi connectivity index (χ1) is 12.0. The lowest BCUT2D eigenvalue weighted by molar-refractivity contribution is 0.414.